The van der Waals surface area contributed by atoms with E-state index in [1.807, 2.05) is 0 Å². The van der Waals surface area contributed by atoms with Crippen LogP contribution in [0.2, 0.25) is 0 Å². The molecule has 0 unspecified atom stereocenters. The molecule has 0 saturated carbocycles. The third-order valence-corrected chi connectivity index (χ3v) is 7.28. The summed E-state index contributed by atoms with van der Waals surface area (Å²) in [5, 5.41) is 0. The van der Waals surface area contributed by atoms with Gasteiger partial charge in [-0.2, -0.15) is 0 Å². The first kappa shape index (κ1) is 11.6. The van der Waals surface area contributed by atoms with Crippen LogP contribution in [0.4, 0.5) is 0 Å². The van der Waals surface area contributed by atoms with Gasteiger partial charge < -0.3 is 12.4 Å². The van der Waals surface area contributed by atoms with Gasteiger partial charge in [0.1, 0.15) is 0 Å². The van der Waals surface area contributed by atoms with Crippen LogP contribution in [-0.2, 0) is 28.0 Å². The van der Waals surface area contributed by atoms with Crippen LogP contribution in [0.1, 0.15) is 6.42 Å². The second-order valence-electron chi connectivity index (χ2n) is 2.02. The summed E-state index contributed by atoms with van der Waals surface area (Å²) in [6.07, 6.45) is 7.37. The maximum Gasteiger partial charge on any atom is -1.00 e. The summed E-state index contributed by atoms with van der Waals surface area (Å²) in [4.78, 5) is 0. The van der Waals surface area contributed by atoms with Crippen molar-refractivity contribution in [1.82, 2.24) is 0 Å². The van der Waals surface area contributed by atoms with Crippen LogP contribution in [-0.4, -0.2) is 14.2 Å². The number of halogens is 1. The molecule has 62 valence electrons. The van der Waals surface area contributed by atoms with Gasteiger partial charge in [0.2, 0.25) is 0 Å². The minimum absolute atomic E-state index is 0. The van der Waals surface area contributed by atoms with Crippen LogP contribution in [0, 0.1) is 0 Å². The summed E-state index contributed by atoms with van der Waals surface area (Å²) in [6.45, 7) is 0. The molecule has 0 atom stereocenters. The van der Waals surface area contributed by atoms with Crippen molar-refractivity contribution in [2.45, 2.75) is 6.42 Å². The summed E-state index contributed by atoms with van der Waals surface area (Å²) in [7, 11) is 3.48. The van der Waals surface area contributed by atoms with E-state index < -0.39 is 22.3 Å². The Balaban J connectivity index is 0.000001000. The summed E-state index contributed by atoms with van der Waals surface area (Å²) in [5.41, 5.74) is 0. The van der Waals surface area contributed by atoms with Gasteiger partial charge in [-0.1, -0.05) is 0 Å². The zero-order valence-electron chi connectivity index (χ0n) is 6.63. The van der Waals surface area contributed by atoms with Crippen molar-refractivity contribution >= 4 is 0 Å². The Labute approximate surface area is 82.4 Å². The Hall–Kier alpha value is 0.560. The maximum atomic E-state index is 5.27. The molecule has 0 saturated heterocycles. The Morgan fingerprint density at radius 2 is 2.00 bits per heavy atom. The van der Waals surface area contributed by atoms with E-state index in [-0.39, 0.29) is 12.4 Å². The minimum Gasteiger partial charge on any atom is -1.00 e. The first-order valence-corrected chi connectivity index (χ1v) is 7.92. The number of hydrogen-bond acceptors (Lipinski definition) is 2. The molecule has 4 heteroatoms. The monoisotopic (exact) mass is 342 g/mol. The maximum absolute atomic E-state index is 5.27. The van der Waals surface area contributed by atoms with Crippen LogP contribution >= 0.6 is 0 Å². The first-order chi connectivity index (χ1) is 4.88. The van der Waals surface area contributed by atoms with Crippen molar-refractivity contribution in [1.29, 1.82) is 0 Å². The van der Waals surface area contributed by atoms with Crippen molar-refractivity contribution in [2.24, 2.45) is 0 Å². The third-order valence-electron chi connectivity index (χ3n) is 1.40. The van der Waals surface area contributed by atoms with Gasteiger partial charge in [-0.15, -0.1) is 0 Å². The average molecular weight is 341 g/mol. The van der Waals surface area contributed by atoms with E-state index in [0.717, 1.165) is 6.42 Å². The Kier molecular flexibility index (Phi) is 6.43. The molecular weight excluding hydrogens is 330 g/mol. The molecule has 0 spiro atoms. The molecule has 0 aromatic heterocycles. The standard InChI is InChI=1S/C5H5.2CH3O.ClH.Hf/c1-2-4-5-3-1;2*1-2;;/h1-3H,4H2;2*1H3;1H;/q;2*-1;;+3/p-1. The van der Waals surface area contributed by atoms with Gasteiger partial charge >= 0.3 is 70.2 Å². The Morgan fingerprint density at radius 1 is 1.36 bits per heavy atom. The molecule has 0 radical (unpaired) electrons. The van der Waals surface area contributed by atoms with Crippen LogP contribution < -0.4 is 12.4 Å². The van der Waals surface area contributed by atoms with Gasteiger partial charge in [0.15, 0.2) is 0 Å². The van der Waals surface area contributed by atoms with Gasteiger partial charge in [-0.3, -0.25) is 0 Å². The van der Waals surface area contributed by atoms with E-state index in [4.69, 9.17) is 5.71 Å². The van der Waals surface area contributed by atoms with Crippen molar-refractivity contribution < 1.29 is 40.4 Å². The van der Waals surface area contributed by atoms with E-state index in [1.54, 1.807) is 14.2 Å². The van der Waals surface area contributed by atoms with Gasteiger partial charge in [-0.25, -0.2) is 0 Å². The first-order valence-electron chi connectivity index (χ1n) is 3.19. The van der Waals surface area contributed by atoms with E-state index in [1.165, 1.54) is 3.33 Å². The number of allylic oxidation sites excluding steroid dienone is 4. The third kappa shape index (κ3) is 3.20. The second kappa shape index (κ2) is 6.12. The Morgan fingerprint density at radius 3 is 2.36 bits per heavy atom. The predicted octanol–water partition coefficient (Wildman–Crippen LogP) is -1.42. The molecule has 0 aliphatic heterocycles. The largest absolute Gasteiger partial charge is 1.00 e. The van der Waals surface area contributed by atoms with Gasteiger partial charge in [0.05, 0.1) is 0 Å². The molecule has 1 rings (SSSR count). The van der Waals surface area contributed by atoms with Crippen molar-refractivity contribution in [3.63, 3.8) is 0 Å². The van der Waals surface area contributed by atoms with Crippen LogP contribution in [0.3, 0.4) is 0 Å². The molecule has 0 N–H and O–H groups in total. The van der Waals surface area contributed by atoms with Crippen LogP contribution in [0.15, 0.2) is 21.6 Å². The van der Waals surface area contributed by atoms with Crippen molar-refractivity contribution in [3.05, 3.63) is 21.6 Å². The zero-order valence-corrected chi connectivity index (χ0v) is 11.0. The van der Waals surface area contributed by atoms with E-state index in [2.05, 4.69) is 18.2 Å². The molecule has 11 heavy (non-hydrogen) atoms. The van der Waals surface area contributed by atoms with Gasteiger partial charge in [-0.05, 0) is 0 Å². The van der Waals surface area contributed by atoms with E-state index in [9.17, 15) is 0 Å². The smallest absolute Gasteiger partial charge is 1.00 e. The SMILES string of the molecule is C[O][Hf+]([O]C)[C]1=CC=CC1.[Cl-]. The van der Waals surface area contributed by atoms with Gasteiger partial charge in [0, 0.05) is 0 Å². The van der Waals surface area contributed by atoms with Gasteiger partial charge in [0.25, 0.3) is 0 Å². The molecule has 0 aromatic rings. The molecule has 1 aliphatic carbocycles. The minimum atomic E-state index is -2.13. The van der Waals surface area contributed by atoms with Crippen LogP contribution in [0.25, 0.3) is 0 Å². The normalized spacial score (nSPS) is 14.2. The average Bonchev–Trinajstić information content (AvgIpc) is 2.43. The summed E-state index contributed by atoms with van der Waals surface area (Å²) in [5.74, 6) is 0. The van der Waals surface area contributed by atoms with Crippen molar-refractivity contribution in [3.8, 4) is 0 Å². The van der Waals surface area contributed by atoms with Crippen molar-refractivity contribution in [2.75, 3.05) is 14.2 Å². The molecule has 2 nitrogen and oxygen atoms in total. The quantitative estimate of drug-likeness (QED) is 0.587. The second-order valence-corrected chi connectivity index (χ2v) is 9.33. The fourth-order valence-corrected chi connectivity index (χ4v) is 5.28. The number of rotatable bonds is 3. The number of hydrogen-bond donors (Lipinski definition) is 0. The Bertz CT molecular complexity index is 164. The fourth-order valence-electron chi connectivity index (χ4n) is 0.944. The molecule has 0 fully saturated rings. The molecule has 0 heterocycles. The van der Waals surface area contributed by atoms with E-state index in [0.29, 0.717) is 0 Å². The molecule has 0 amide bonds. The molecular formula is C7H11ClHfO2. The summed E-state index contributed by atoms with van der Waals surface area (Å²) < 4.78 is 11.9. The predicted molar refractivity (Wildman–Crippen MR) is 35.9 cm³/mol. The molecule has 0 bridgehead atoms. The zero-order chi connectivity index (χ0) is 7.40. The molecule has 0 aromatic carbocycles. The topological polar surface area (TPSA) is 18.5 Å². The fraction of sp³-hybridized carbons (Fsp3) is 0.429. The van der Waals surface area contributed by atoms with E-state index >= 15 is 0 Å². The van der Waals surface area contributed by atoms with Crippen LogP contribution in [0.5, 0.6) is 0 Å². The summed E-state index contributed by atoms with van der Waals surface area (Å²) in [6, 6.07) is 0. The molecule has 1 aliphatic rings. The summed E-state index contributed by atoms with van der Waals surface area (Å²) >= 11 is -2.13.